The number of hydrogen-bond donors (Lipinski definition) is 2. The van der Waals surface area contributed by atoms with Crippen molar-refractivity contribution in [3.8, 4) is 0 Å². The molecule has 0 aromatic carbocycles. The van der Waals surface area contributed by atoms with Gasteiger partial charge in [-0.25, -0.2) is 15.0 Å². The number of fused-ring (bicyclic) bond motifs is 2. The minimum atomic E-state index is -0.151. The summed E-state index contributed by atoms with van der Waals surface area (Å²) in [7, 11) is 0. The van der Waals surface area contributed by atoms with Crippen molar-refractivity contribution in [2.75, 3.05) is 5.32 Å². The highest BCUT2D eigenvalue weighted by Gasteiger charge is 2.11. The zero-order valence-electron chi connectivity index (χ0n) is 10.8. The first kappa shape index (κ1) is 12.0. The molecular weight excluding hydrogens is 288 g/mol. The van der Waals surface area contributed by atoms with E-state index in [1.54, 1.807) is 6.20 Å². The Bertz CT molecular complexity index is 908. The molecule has 0 bridgehead atoms. The Morgan fingerprint density at radius 1 is 1.43 bits per heavy atom. The highest BCUT2D eigenvalue weighted by molar-refractivity contribution is 7.15. The van der Waals surface area contributed by atoms with Crippen LogP contribution in [0.1, 0.15) is 5.69 Å². The van der Waals surface area contributed by atoms with Gasteiger partial charge in [-0.05, 0) is 6.07 Å². The Labute approximate surface area is 122 Å². The lowest BCUT2D eigenvalue weighted by Crippen LogP contribution is -2.15. The van der Waals surface area contributed by atoms with Gasteiger partial charge in [0.15, 0.2) is 4.96 Å². The fraction of sp³-hybridized carbons (Fsp3) is 0.0769. The molecule has 0 saturated carbocycles. The maximum atomic E-state index is 12.1. The Morgan fingerprint density at radius 2 is 2.38 bits per heavy atom. The summed E-state index contributed by atoms with van der Waals surface area (Å²) in [6.45, 7) is 0. The molecule has 0 saturated heterocycles. The Balaban J connectivity index is 1.55. The third-order valence-electron chi connectivity index (χ3n) is 3.10. The summed E-state index contributed by atoms with van der Waals surface area (Å²) >= 11 is 1.54. The summed E-state index contributed by atoms with van der Waals surface area (Å²) in [6.07, 6.45) is 7.17. The fourth-order valence-electron chi connectivity index (χ4n) is 2.17. The van der Waals surface area contributed by atoms with Gasteiger partial charge in [0.2, 0.25) is 5.91 Å². The first-order chi connectivity index (χ1) is 10.3. The number of aromatic amines is 1. The van der Waals surface area contributed by atoms with E-state index in [4.69, 9.17) is 0 Å². The zero-order valence-corrected chi connectivity index (χ0v) is 11.6. The number of imidazole rings is 1. The molecule has 104 valence electrons. The third-order valence-corrected chi connectivity index (χ3v) is 3.87. The molecule has 0 unspecified atom stereocenters. The molecule has 4 aromatic heterocycles. The maximum Gasteiger partial charge on any atom is 0.231 e. The quantitative estimate of drug-likeness (QED) is 0.604. The molecule has 0 radical (unpaired) electrons. The minimum absolute atomic E-state index is 0.151. The van der Waals surface area contributed by atoms with Gasteiger partial charge in [-0.3, -0.25) is 9.20 Å². The van der Waals surface area contributed by atoms with Gasteiger partial charge in [0.25, 0.3) is 0 Å². The number of rotatable bonds is 3. The lowest BCUT2D eigenvalue weighted by molar-refractivity contribution is -0.115. The highest BCUT2D eigenvalue weighted by atomic mass is 32.1. The Kier molecular flexibility index (Phi) is 2.68. The molecular formula is C13H10N6OS. The molecule has 4 aromatic rings. The molecule has 2 N–H and O–H groups in total. The Morgan fingerprint density at radius 3 is 3.29 bits per heavy atom. The Hall–Kier alpha value is -2.74. The predicted molar refractivity (Wildman–Crippen MR) is 79.3 cm³/mol. The summed E-state index contributed by atoms with van der Waals surface area (Å²) in [4.78, 5) is 28.6. The minimum Gasteiger partial charge on any atom is -0.346 e. The number of carbonyl (C=O) groups is 1. The molecule has 0 aliphatic carbocycles. The standard InChI is InChI=1S/C13H10N6OS/c20-10(5-8-6-19-3-4-21-13(19)17-8)18-12-9-1-2-14-11(9)15-7-16-12/h1-4,6-7H,5H2,(H2,14,15,16,18,20). The number of H-pyrrole nitrogens is 1. The van der Waals surface area contributed by atoms with Crippen molar-refractivity contribution in [2.24, 2.45) is 0 Å². The topological polar surface area (TPSA) is 88.0 Å². The molecule has 0 aliphatic rings. The SMILES string of the molecule is O=C(Cc1cn2ccsc2n1)Nc1ncnc2[nH]ccc12. The summed E-state index contributed by atoms with van der Waals surface area (Å²) < 4.78 is 1.91. The number of carbonyl (C=O) groups excluding carboxylic acids is 1. The van der Waals surface area contributed by atoms with Crippen LogP contribution in [-0.2, 0) is 11.2 Å². The lowest BCUT2D eigenvalue weighted by atomic mass is 10.3. The molecule has 0 spiro atoms. The second kappa shape index (κ2) is 4.67. The summed E-state index contributed by atoms with van der Waals surface area (Å²) in [6, 6.07) is 1.83. The van der Waals surface area contributed by atoms with Gasteiger partial charge in [-0.15, -0.1) is 11.3 Å². The third kappa shape index (κ3) is 2.15. The predicted octanol–water partition coefficient (Wildman–Crippen LogP) is 1.85. The van der Waals surface area contributed by atoms with Crippen LogP contribution in [0, 0.1) is 0 Å². The molecule has 21 heavy (non-hydrogen) atoms. The van der Waals surface area contributed by atoms with E-state index in [2.05, 4.69) is 25.3 Å². The van der Waals surface area contributed by atoms with Crippen LogP contribution in [0.3, 0.4) is 0 Å². The van der Waals surface area contributed by atoms with E-state index in [0.29, 0.717) is 11.5 Å². The van der Waals surface area contributed by atoms with Crippen molar-refractivity contribution < 1.29 is 4.79 Å². The van der Waals surface area contributed by atoms with E-state index in [-0.39, 0.29) is 12.3 Å². The summed E-state index contributed by atoms with van der Waals surface area (Å²) in [5.74, 6) is 0.356. The fourth-order valence-corrected chi connectivity index (χ4v) is 2.89. The monoisotopic (exact) mass is 298 g/mol. The van der Waals surface area contributed by atoms with E-state index >= 15 is 0 Å². The van der Waals surface area contributed by atoms with Gasteiger partial charge in [-0.1, -0.05) is 0 Å². The van der Waals surface area contributed by atoms with Gasteiger partial charge in [0, 0.05) is 24.0 Å². The smallest absolute Gasteiger partial charge is 0.231 e. The molecule has 8 heteroatoms. The van der Waals surface area contributed by atoms with E-state index < -0.39 is 0 Å². The average molecular weight is 298 g/mol. The molecule has 0 atom stereocenters. The molecule has 0 aliphatic heterocycles. The van der Waals surface area contributed by atoms with E-state index in [1.165, 1.54) is 17.7 Å². The maximum absolute atomic E-state index is 12.1. The van der Waals surface area contributed by atoms with E-state index in [9.17, 15) is 4.79 Å². The number of thiazole rings is 1. The largest absolute Gasteiger partial charge is 0.346 e. The zero-order chi connectivity index (χ0) is 14.2. The highest BCUT2D eigenvalue weighted by Crippen LogP contribution is 2.18. The van der Waals surface area contributed by atoms with Crippen LogP contribution in [0.2, 0.25) is 0 Å². The molecule has 0 fully saturated rings. The van der Waals surface area contributed by atoms with Crippen LogP contribution in [-0.4, -0.2) is 30.2 Å². The van der Waals surface area contributed by atoms with E-state index in [1.807, 2.05) is 28.2 Å². The number of aromatic nitrogens is 5. The molecule has 1 amide bonds. The lowest BCUT2D eigenvalue weighted by Gasteiger charge is -2.03. The second-order valence-electron chi connectivity index (χ2n) is 4.51. The van der Waals surface area contributed by atoms with Gasteiger partial charge in [-0.2, -0.15) is 0 Å². The number of anilines is 1. The van der Waals surface area contributed by atoms with Crippen molar-refractivity contribution in [3.05, 3.63) is 42.1 Å². The second-order valence-corrected chi connectivity index (χ2v) is 5.39. The first-order valence-electron chi connectivity index (χ1n) is 6.28. The molecule has 4 heterocycles. The van der Waals surface area contributed by atoms with E-state index in [0.717, 1.165) is 16.0 Å². The molecule has 7 nitrogen and oxygen atoms in total. The van der Waals surface area contributed by atoms with Crippen LogP contribution in [0.5, 0.6) is 0 Å². The van der Waals surface area contributed by atoms with Crippen molar-refractivity contribution in [1.82, 2.24) is 24.3 Å². The van der Waals surface area contributed by atoms with Crippen molar-refractivity contribution in [3.63, 3.8) is 0 Å². The van der Waals surface area contributed by atoms with Gasteiger partial charge >= 0.3 is 0 Å². The van der Waals surface area contributed by atoms with Crippen LogP contribution in [0.25, 0.3) is 16.0 Å². The number of nitrogens with one attached hydrogen (secondary N) is 2. The molecule has 4 rings (SSSR count). The van der Waals surface area contributed by atoms with Crippen LogP contribution in [0.4, 0.5) is 5.82 Å². The van der Waals surface area contributed by atoms with Gasteiger partial charge in [0.1, 0.15) is 17.8 Å². The number of amides is 1. The van der Waals surface area contributed by atoms with Crippen molar-refractivity contribution >= 4 is 39.1 Å². The number of hydrogen-bond acceptors (Lipinski definition) is 5. The normalized spacial score (nSPS) is 11.2. The van der Waals surface area contributed by atoms with Crippen molar-refractivity contribution in [1.29, 1.82) is 0 Å². The first-order valence-corrected chi connectivity index (χ1v) is 7.16. The summed E-state index contributed by atoms with van der Waals surface area (Å²) in [5, 5.41) is 5.54. The van der Waals surface area contributed by atoms with Crippen LogP contribution >= 0.6 is 11.3 Å². The van der Waals surface area contributed by atoms with Gasteiger partial charge in [0.05, 0.1) is 17.5 Å². The number of nitrogens with zero attached hydrogens (tertiary/aromatic N) is 4. The van der Waals surface area contributed by atoms with Gasteiger partial charge < -0.3 is 10.3 Å². The van der Waals surface area contributed by atoms with Crippen LogP contribution < -0.4 is 5.32 Å². The average Bonchev–Trinajstić information content (AvgIpc) is 3.12. The summed E-state index contributed by atoms with van der Waals surface area (Å²) in [5.41, 5.74) is 1.43. The van der Waals surface area contributed by atoms with Crippen molar-refractivity contribution in [2.45, 2.75) is 6.42 Å². The van der Waals surface area contributed by atoms with Crippen LogP contribution in [0.15, 0.2) is 36.4 Å².